The van der Waals surface area contributed by atoms with Crippen molar-refractivity contribution in [1.82, 2.24) is 10.2 Å². The Labute approximate surface area is 146 Å². The number of carbonyl (C=O) groups is 1. The normalized spacial score (nSPS) is 20.2. The van der Waals surface area contributed by atoms with Gasteiger partial charge in [0.1, 0.15) is 0 Å². The fourth-order valence-corrected chi connectivity index (χ4v) is 4.16. The predicted octanol–water partition coefficient (Wildman–Crippen LogP) is 4.08. The first-order valence-electron chi connectivity index (χ1n) is 9.48. The maximum Gasteiger partial charge on any atom is 0.319 e. The molecule has 2 N–H and O–H groups in total. The van der Waals surface area contributed by atoms with E-state index in [2.05, 4.69) is 15.5 Å². The molecule has 2 amide bonds. The largest absolute Gasteiger partial charge is 0.335 e. The van der Waals surface area contributed by atoms with E-state index >= 15 is 0 Å². The maximum atomic E-state index is 12.3. The number of nitrogens with zero attached hydrogens (tertiary/aromatic N) is 1. The number of para-hydroxylation sites is 1. The first kappa shape index (κ1) is 17.3. The fourth-order valence-electron chi connectivity index (χ4n) is 4.16. The number of carbonyl (C=O) groups excluding carboxylic acids is 1. The number of anilines is 1. The zero-order valence-corrected chi connectivity index (χ0v) is 15.1. The van der Waals surface area contributed by atoms with Crippen LogP contribution in [-0.2, 0) is 0 Å². The van der Waals surface area contributed by atoms with Crippen LogP contribution in [-0.4, -0.2) is 36.6 Å². The van der Waals surface area contributed by atoms with Crippen LogP contribution in [0.4, 0.5) is 10.5 Å². The van der Waals surface area contributed by atoms with Gasteiger partial charge in [-0.3, -0.25) is 0 Å². The summed E-state index contributed by atoms with van der Waals surface area (Å²) in [6.07, 6.45) is 7.79. The minimum atomic E-state index is -0.0679. The lowest BCUT2D eigenvalue weighted by Gasteiger charge is -2.33. The van der Waals surface area contributed by atoms with Crippen LogP contribution >= 0.6 is 0 Å². The summed E-state index contributed by atoms with van der Waals surface area (Å²) in [5, 5.41) is 6.19. The van der Waals surface area contributed by atoms with Crippen molar-refractivity contribution < 1.29 is 4.79 Å². The van der Waals surface area contributed by atoms with Crippen LogP contribution in [0.1, 0.15) is 49.7 Å². The van der Waals surface area contributed by atoms with E-state index in [-0.39, 0.29) is 6.03 Å². The van der Waals surface area contributed by atoms with Gasteiger partial charge in [-0.2, -0.15) is 0 Å². The summed E-state index contributed by atoms with van der Waals surface area (Å²) in [7, 11) is 0. The van der Waals surface area contributed by atoms with Gasteiger partial charge in [0.25, 0.3) is 0 Å². The van der Waals surface area contributed by atoms with Crippen LogP contribution in [0.15, 0.2) is 18.2 Å². The van der Waals surface area contributed by atoms with Gasteiger partial charge in [0.05, 0.1) is 0 Å². The van der Waals surface area contributed by atoms with Crippen LogP contribution in [0.5, 0.6) is 0 Å². The molecule has 1 aliphatic heterocycles. The number of urea groups is 1. The Hall–Kier alpha value is -1.55. The van der Waals surface area contributed by atoms with Crippen LogP contribution in [0.2, 0.25) is 0 Å². The molecule has 2 aliphatic rings. The van der Waals surface area contributed by atoms with Crippen molar-refractivity contribution in [3.8, 4) is 0 Å². The Bertz CT molecular complexity index is 538. The third-order valence-corrected chi connectivity index (χ3v) is 5.63. The van der Waals surface area contributed by atoms with Gasteiger partial charge in [-0.05, 0) is 56.6 Å². The van der Waals surface area contributed by atoms with E-state index in [1.807, 2.05) is 32.0 Å². The molecule has 1 aromatic carbocycles. The molecule has 0 unspecified atom stereocenters. The van der Waals surface area contributed by atoms with Crippen molar-refractivity contribution in [2.24, 2.45) is 5.92 Å². The van der Waals surface area contributed by atoms with Crippen LogP contribution < -0.4 is 10.6 Å². The van der Waals surface area contributed by atoms with Crippen LogP contribution in [0.25, 0.3) is 0 Å². The number of piperidine rings is 1. The number of hydrogen-bond acceptors (Lipinski definition) is 2. The minimum absolute atomic E-state index is 0.0679. The zero-order chi connectivity index (χ0) is 16.9. The quantitative estimate of drug-likeness (QED) is 0.874. The Morgan fingerprint density at radius 3 is 2.33 bits per heavy atom. The van der Waals surface area contributed by atoms with E-state index in [1.54, 1.807) is 0 Å². The number of benzene rings is 1. The maximum absolute atomic E-state index is 12.3. The number of hydrogen-bond donors (Lipinski definition) is 2. The van der Waals surface area contributed by atoms with Crippen LogP contribution in [0, 0.1) is 19.8 Å². The lowest BCUT2D eigenvalue weighted by molar-refractivity contribution is 0.173. The predicted molar refractivity (Wildman–Crippen MR) is 99.5 cm³/mol. The van der Waals surface area contributed by atoms with E-state index < -0.39 is 0 Å². The molecule has 0 spiro atoms. The van der Waals surface area contributed by atoms with Crippen molar-refractivity contribution in [2.75, 3.05) is 25.0 Å². The Balaban J connectivity index is 1.43. The second-order valence-electron chi connectivity index (χ2n) is 7.59. The zero-order valence-electron chi connectivity index (χ0n) is 15.1. The monoisotopic (exact) mass is 329 g/mol. The van der Waals surface area contributed by atoms with Gasteiger partial charge < -0.3 is 15.5 Å². The molecule has 1 aliphatic carbocycles. The molecule has 1 heterocycles. The lowest BCUT2D eigenvalue weighted by atomic mass is 10.0. The third kappa shape index (κ3) is 4.50. The Morgan fingerprint density at radius 1 is 1.08 bits per heavy atom. The Morgan fingerprint density at radius 2 is 1.71 bits per heavy atom. The topological polar surface area (TPSA) is 44.4 Å². The summed E-state index contributed by atoms with van der Waals surface area (Å²) >= 11 is 0. The highest BCUT2D eigenvalue weighted by Gasteiger charge is 2.24. The number of nitrogens with one attached hydrogen (secondary N) is 2. The van der Waals surface area contributed by atoms with Gasteiger partial charge >= 0.3 is 6.03 Å². The summed E-state index contributed by atoms with van der Waals surface area (Å²) in [6, 6.07) is 6.32. The molecule has 3 rings (SSSR count). The molecule has 0 radical (unpaired) electrons. The van der Waals surface area contributed by atoms with Crippen molar-refractivity contribution in [3.05, 3.63) is 29.3 Å². The summed E-state index contributed by atoms with van der Waals surface area (Å²) in [4.78, 5) is 14.9. The van der Waals surface area contributed by atoms with Gasteiger partial charge in [0, 0.05) is 31.4 Å². The van der Waals surface area contributed by atoms with Gasteiger partial charge in [-0.25, -0.2) is 4.79 Å². The van der Waals surface area contributed by atoms with E-state index in [9.17, 15) is 4.79 Å². The molecule has 24 heavy (non-hydrogen) atoms. The molecule has 0 atom stereocenters. The standard InChI is InChI=1S/C20H31N3O/c1-15-6-5-7-16(2)19(15)22-20(24)21-18-10-12-23(13-11-18)14-17-8-3-4-9-17/h5-7,17-18H,3-4,8-14H2,1-2H3,(H2,21,22,24). The molecular formula is C20H31N3O. The van der Waals surface area contributed by atoms with E-state index in [0.717, 1.165) is 48.7 Å². The number of amides is 2. The average Bonchev–Trinajstić information content (AvgIpc) is 3.06. The third-order valence-electron chi connectivity index (χ3n) is 5.63. The second-order valence-corrected chi connectivity index (χ2v) is 7.59. The average molecular weight is 329 g/mol. The van der Waals surface area contributed by atoms with Gasteiger partial charge in [0.15, 0.2) is 0 Å². The number of likely N-dealkylation sites (tertiary alicyclic amines) is 1. The molecule has 2 fully saturated rings. The van der Waals surface area contributed by atoms with Crippen molar-refractivity contribution in [1.29, 1.82) is 0 Å². The number of aryl methyl sites for hydroxylation is 2. The van der Waals surface area contributed by atoms with Gasteiger partial charge in [0.2, 0.25) is 0 Å². The van der Waals surface area contributed by atoms with Crippen molar-refractivity contribution >= 4 is 11.7 Å². The number of rotatable bonds is 4. The molecule has 1 aromatic rings. The fraction of sp³-hybridized carbons (Fsp3) is 0.650. The second kappa shape index (κ2) is 8.02. The van der Waals surface area contributed by atoms with Crippen molar-refractivity contribution in [2.45, 2.75) is 58.4 Å². The molecule has 0 bridgehead atoms. The summed E-state index contributed by atoms with van der Waals surface area (Å²) in [5.74, 6) is 0.918. The first-order chi connectivity index (χ1) is 11.6. The van der Waals surface area contributed by atoms with Crippen LogP contribution in [0.3, 0.4) is 0 Å². The minimum Gasteiger partial charge on any atom is -0.335 e. The van der Waals surface area contributed by atoms with Crippen molar-refractivity contribution in [3.63, 3.8) is 0 Å². The van der Waals surface area contributed by atoms with E-state index in [0.29, 0.717) is 6.04 Å². The highest BCUT2D eigenvalue weighted by molar-refractivity contribution is 5.91. The molecule has 1 saturated carbocycles. The molecule has 132 valence electrons. The summed E-state index contributed by atoms with van der Waals surface area (Å²) in [6.45, 7) is 7.56. The van der Waals surface area contributed by atoms with Gasteiger partial charge in [-0.1, -0.05) is 31.0 Å². The van der Waals surface area contributed by atoms with Gasteiger partial charge in [-0.15, -0.1) is 0 Å². The van der Waals surface area contributed by atoms with E-state index in [1.165, 1.54) is 32.2 Å². The lowest BCUT2D eigenvalue weighted by Crippen LogP contribution is -2.46. The molecule has 1 saturated heterocycles. The molecular weight excluding hydrogens is 298 g/mol. The molecule has 4 nitrogen and oxygen atoms in total. The summed E-state index contributed by atoms with van der Waals surface area (Å²) in [5.41, 5.74) is 3.15. The SMILES string of the molecule is Cc1cccc(C)c1NC(=O)NC1CCN(CC2CCCC2)CC1. The highest BCUT2D eigenvalue weighted by atomic mass is 16.2. The molecule has 0 aromatic heterocycles. The summed E-state index contributed by atoms with van der Waals surface area (Å²) < 4.78 is 0. The Kier molecular flexibility index (Phi) is 5.77. The van der Waals surface area contributed by atoms with E-state index in [4.69, 9.17) is 0 Å². The molecule has 4 heteroatoms. The highest BCUT2D eigenvalue weighted by Crippen LogP contribution is 2.26. The smallest absolute Gasteiger partial charge is 0.319 e. The first-order valence-corrected chi connectivity index (χ1v) is 9.48.